The highest BCUT2D eigenvalue weighted by Gasteiger charge is 2.52. The second kappa shape index (κ2) is 8.52. The molecule has 3 heterocycles. The fourth-order valence-corrected chi connectivity index (χ4v) is 8.09. The molecule has 1 N–H and O–H groups in total. The van der Waals surface area contributed by atoms with Gasteiger partial charge in [0.25, 0.3) is 0 Å². The van der Waals surface area contributed by atoms with Crippen LogP contribution in [0.3, 0.4) is 0 Å². The van der Waals surface area contributed by atoms with Gasteiger partial charge in [0, 0.05) is 33.5 Å². The number of thiophene rings is 1. The highest BCUT2D eigenvalue weighted by Crippen LogP contribution is 2.54. The number of aliphatic imine (C=N–C) groups is 1. The molecule has 36 heavy (non-hydrogen) atoms. The van der Waals surface area contributed by atoms with Crippen LogP contribution in [0, 0.1) is 12.8 Å². The zero-order valence-corrected chi connectivity index (χ0v) is 22.1. The van der Waals surface area contributed by atoms with Gasteiger partial charge in [0.15, 0.2) is 5.82 Å². The average Bonchev–Trinajstić information content (AvgIpc) is 3.23. The number of fused-ring (bicyclic) bond motifs is 6. The molecule has 1 atom stereocenters. The van der Waals surface area contributed by atoms with E-state index >= 15 is 0 Å². The molecule has 8 heteroatoms. The standard InChI is InChI=1S/C28H30ClN5OS/c1-16-32-33-27-28(11-12-28)31-25(19-9-5-6-10-21(19)29)24-20-13-17(14-22(20)36-26(24)34(16)27)15-23(35)30-18-7-3-2-4-8-18/h5-6,9-10,17-18H,2-4,7-8,11-15H2,1H3,(H,30,35)/t17-/m0/s1. The summed E-state index contributed by atoms with van der Waals surface area (Å²) in [6, 6.07) is 8.38. The number of amides is 1. The summed E-state index contributed by atoms with van der Waals surface area (Å²) in [6.45, 7) is 2.03. The summed E-state index contributed by atoms with van der Waals surface area (Å²) in [6.07, 6.45) is 10.4. The van der Waals surface area contributed by atoms with E-state index in [4.69, 9.17) is 16.6 Å². The summed E-state index contributed by atoms with van der Waals surface area (Å²) in [7, 11) is 0. The summed E-state index contributed by atoms with van der Waals surface area (Å²) < 4.78 is 2.24. The van der Waals surface area contributed by atoms with Crippen molar-refractivity contribution < 1.29 is 4.79 Å². The fourth-order valence-electron chi connectivity index (χ4n) is 6.37. The van der Waals surface area contributed by atoms with E-state index in [2.05, 4.69) is 26.1 Å². The lowest BCUT2D eigenvalue weighted by Crippen LogP contribution is -2.37. The van der Waals surface area contributed by atoms with Crippen molar-refractivity contribution in [3.63, 3.8) is 0 Å². The zero-order valence-electron chi connectivity index (χ0n) is 20.5. The number of hydrogen-bond acceptors (Lipinski definition) is 5. The minimum Gasteiger partial charge on any atom is -0.353 e. The molecule has 1 spiro atoms. The minimum atomic E-state index is -0.320. The largest absolute Gasteiger partial charge is 0.353 e. The molecular weight excluding hydrogens is 490 g/mol. The third-order valence-corrected chi connectivity index (χ3v) is 9.91. The number of nitrogens with zero attached hydrogens (tertiary/aromatic N) is 4. The average molecular weight is 520 g/mol. The van der Waals surface area contributed by atoms with Crippen molar-refractivity contribution in [1.82, 2.24) is 20.1 Å². The SMILES string of the molecule is Cc1nnc2n1-c1sc3c(c1C(c1ccccc1Cl)=NC21CC1)C[C@H](CC(=O)NC1CCCCC1)C3. The maximum Gasteiger partial charge on any atom is 0.220 e. The van der Waals surface area contributed by atoms with E-state index in [1.807, 2.05) is 36.5 Å². The van der Waals surface area contributed by atoms with Crippen molar-refractivity contribution in [2.24, 2.45) is 10.9 Å². The van der Waals surface area contributed by atoms with Crippen LogP contribution in [0.1, 0.15) is 84.6 Å². The molecular formula is C28H30ClN5OS. The molecule has 1 aliphatic heterocycles. The summed E-state index contributed by atoms with van der Waals surface area (Å²) >= 11 is 8.58. The maximum atomic E-state index is 12.9. The van der Waals surface area contributed by atoms with E-state index < -0.39 is 0 Å². The van der Waals surface area contributed by atoms with Crippen LogP contribution in [-0.2, 0) is 23.2 Å². The quantitative estimate of drug-likeness (QED) is 0.481. The summed E-state index contributed by atoms with van der Waals surface area (Å²) in [5.74, 6) is 2.39. The van der Waals surface area contributed by atoms with Gasteiger partial charge in [0.1, 0.15) is 16.4 Å². The molecule has 2 saturated carbocycles. The van der Waals surface area contributed by atoms with E-state index in [-0.39, 0.29) is 11.4 Å². The van der Waals surface area contributed by atoms with E-state index in [0.717, 1.165) is 66.4 Å². The Balaban J connectivity index is 1.26. The predicted molar refractivity (Wildman–Crippen MR) is 143 cm³/mol. The Bertz CT molecular complexity index is 1390. The molecule has 4 aliphatic rings. The van der Waals surface area contributed by atoms with Gasteiger partial charge in [-0.05, 0) is 63.0 Å². The molecule has 6 nitrogen and oxygen atoms in total. The van der Waals surface area contributed by atoms with E-state index in [0.29, 0.717) is 23.4 Å². The number of benzene rings is 1. The molecule has 7 rings (SSSR count). The number of nitrogens with one attached hydrogen (secondary N) is 1. The van der Waals surface area contributed by atoms with Gasteiger partial charge in [-0.2, -0.15) is 0 Å². The number of carbonyl (C=O) groups excluding carboxylic acids is 1. The second-order valence-electron chi connectivity index (χ2n) is 10.9. The molecule has 186 valence electrons. The van der Waals surface area contributed by atoms with E-state index in [9.17, 15) is 4.79 Å². The number of rotatable bonds is 4. The van der Waals surface area contributed by atoms with Gasteiger partial charge in [-0.1, -0.05) is 49.1 Å². The Kier molecular flexibility index (Phi) is 5.37. The summed E-state index contributed by atoms with van der Waals surface area (Å²) in [5, 5.41) is 14.2. The molecule has 0 unspecified atom stereocenters. The number of halogens is 1. The van der Waals surface area contributed by atoms with Gasteiger partial charge >= 0.3 is 0 Å². The van der Waals surface area contributed by atoms with Crippen molar-refractivity contribution in [3.8, 4) is 5.00 Å². The third kappa shape index (κ3) is 3.66. The van der Waals surface area contributed by atoms with Crippen molar-refractivity contribution in [2.45, 2.75) is 82.7 Å². The lowest BCUT2D eigenvalue weighted by molar-refractivity contribution is -0.122. The van der Waals surface area contributed by atoms with Crippen molar-refractivity contribution in [2.75, 3.05) is 0 Å². The van der Waals surface area contributed by atoms with Crippen LogP contribution >= 0.6 is 22.9 Å². The third-order valence-electron chi connectivity index (χ3n) is 8.34. The van der Waals surface area contributed by atoms with Crippen molar-refractivity contribution in [1.29, 1.82) is 0 Å². The summed E-state index contributed by atoms with van der Waals surface area (Å²) in [5.41, 5.74) is 4.14. The van der Waals surface area contributed by atoms with Gasteiger partial charge in [0.2, 0.25) is 5.91 Å². The van der Waals surface area contributed by atoms with Gasteiger partial charge < -0.3 is 5.32 Å². The zero-order chi connectivity index (χ0) is 24.4. The number of carbonyl (C=O) groups is 1. The topological polar surface area (TPSA) is 72.2 Å². The molecule has 3 aromatic rings. The van der Waals surface area contributed by atoms with Crippen LogP contribution in [0.2, 0.25) is 5.02 Å². The monoisotopic (exact) mass is 519 g/mol. The smallest absolute Gasteiger partial charge is 0.220 e. The molecule has 0 radical (unpaired) electrons. The first-order chi connectivity index (χ1) is 17.5. The van der Waals surface area contributed by atoms with Crippen LogP contribution in [-0.4, -0.2) is 32.4 Å². The van der Waals surface area contributed by atoms with Crippen molar-refractivity contribution in [3.05, 3.63) is 62.5 Å². The van der Waals surface area contributed by atoms with E-state index in [1.54, 1.807) is 0 Å². The maximum absolute atomic E-state index is 12.9. The Hall–Kier alpha value is -2.51. The van der Waals surface area contributed by atoms with Crippen LogP contribution < -0.4 is 5.32 Å². The molecule has 2 aromatic heterocycles. The lowest BCUT2D eigenvalue weighted by atomic mass is 9.94. The molecule has 2 fully saturated rings. The Morgan fingerprint density at radius 1 is 1.17 bits per heavy atom. The number of aromatic nitrogens is 3. The van der Waals surface area contributed by atoms with Crippen molar-refractivity contribution >= 4 is 34.6 Å². The highest BCUT2D eigenvalue weighted by molar-refractivity contribution is 7.15. The molecule has 0 saturated heterocycles. The number of aryl methyl sites for hydroxylation is 1. The molecule has 3 aliphatic carbocycles. The van der Waals surface area contributed by atoms with E-state index in [1.165, 1.54) is 35.3 Å². The predicted octanol–water partition coefficient (Wildman–Crippen LogP) is 5.68. The Labute approximate surface area is 220 Å². The first-order valence-corrected chi connectivity index (χ1v) is 14.4. The van der Waals surface area contributed by atoms with Crippen LogP contribution in [0.4, 0.5) is 0 Å². The van der Waals surface area contributed by atoms with Crippen LogP contribution in [0.15, 0.2) is 29.3 Å². The Morgan fingerprint density at radius 3 is 2.75 bits per heavy atom. The van der Waals surface area contributed by atoms with Crippen LogP contribution in [0.25, 0.3) is 5.00 Å². The molecule has 0 bridgehead atoms. The van der Waals surface area contributed by atoms with Gasteiger partial charge in [0.05, 0.1) is 5.71 Å². The first kappa shape index (κ1) is 22.7. The number of hydrogen-bond donors (Lipinski definition) is 1. The van der Waals surface area contributed by atoms with Gasteiger partial charge in [-0.3, -0.25) is 14.4 Å². The Morgan fingerprint density at radius 2 is 1.97 bits per heavy atom. The fraction of sp³-hybridized carbons (Fsp3) is 0.500. The molecule has 1 amide bonds. The molecule has 1 aromatic carbocycles. The lowest BCUT2D eigenvalue weighted by Gasteiger charge is -2.23. The van der Waals surface area contributed by atoms with Gasteiger partial charge in [-0.25, -0.2) is 0 Å². The second-order valence-corrected chi connectivity index (χ2v) is 12.4. The summed E-state index contributed by atoms with van der Waals surface area (Å²) in [4.78, 5) is 19.7. The normalized spacial score (nSPS) is 21.9. The first-order valence-electron chi connectivity index (χ1n) is 13.2. The highest BCUT2D eigenvalue weighted by atomic mass is 35.5. The van der Waals surface area contributed by atoms with Gasteiger partial charge in [-0.15, -0.1) is 21.5 Å². The minimum absolute atomic E-state index is 0.210. The van der Waals surface area contributed by atoms with Crippen LogP contribution in [0.5, 0.6) is 0 Å².